The number of benzene rings is 2. The Kier molecular flexibility index (Phi) is 3.08. The van der Waals surface area contributed by atoms with Gasteiger partial charge in [-0.1, -0.05) is 12.1 Å². The second kappa shape index (κ2) is 5.24. The van der Waals surface area contributed by atoms with Gasteiger partial charge in [-0.3, -0.25) is 4.79 Å². The molecule has 23 heavy (non-hydrogen) atoms. The van der Waals surface area contributed by atoms with E-state index >= 15 is 0 Å². The van der Waals surface area contributed by atoms with E-state index in [9.17, 15) is 4.79 Å². The molecule has 1 aliphatic rings. The summed E-state index contributed by atoms with van der Waals surface area (Å²) in [5.41, 5.74) is 1.29. The average Bonchev–Trinajstić information content (AvgIpc) is 3.02. The van der Waals surface area contributed by atoms with E-state index < -0.39 is 0 Å². The SMILES string of the molecule is Cc1nc2ccccc2c(=O)n1N=Cc1ccc2c(c1)OCO2. The highest BCUT2D eigenvalue weighted by Gasteiger charge is 2.12. The minimum atomic E-state index is -0.190. The van der Waals surface area contributed by atoms with Crippen LogP contribution in [0.15, 0.2) is 52.4 Å². The zero-order chi connectivity index (χ0) is 15.8. The Morgan fingerprint density at radius 2 is 2.00 bits per heavy atom. The molecule has 0 fully saturated rings. The van der Waals surface area contributed by atoms with Crippen LogP contribution in [0.25, 0.3) is 10.9 Å². The highest BCUT2D eigenvalue weighted by molar-refractivity contribution is 5.81. The lowest BCUT2D eigenvalue weighted by Crippen LogP contribution is -2.20. The molecule has 4 rings (SSSR count). The first kappa shape index (κ1) is 13.5. The summed E-state index contributed by atoms with van der Waals surface area (Å²) in [6.07, 6.45) is 1.60. The van der Waals surface area contributed by atoms with Crippen molar-refractivity contribution < 1.29 is 9.47 Å². The molecule has 2 heterocycles. The second-order valence-electron chi connectivity index (χ2n) is 5.15. The van der Waals surface area contributed by atoms with Crippen molar-refractivity contribution >= 4 is 17.1 Å². The van der Waals surface area contributed by atoms with Crippen LogP contribution in [-0.2, 0) is 0 Å². The minimum absolute atomic E-state index is 0.190. The van der Waals surface area contributed by atoms with Crippen molar-refractivity contribution in [2.45, 2.75) is 6.92 Å². The van der Waals surface area contributed by atoms with Gasteiger partial charge in [0.25, 0.3) is 5.56 Å². The second-order valence-corrected chi connectivity index (χ2v) is 5.15. The molecular formula is C17H13N3O3. The number of aryl methyl sites for hydroxylation is 1. The van der Waals surface area contributed by atoms with Gasteiger partial charge < -0.3 is 9.47 Å². The minimum Gasteiger partial charge on any atom is -0.454 e. The van der Waals surface area contributed by atoms with Crippen molar-refractivity contribution in [2.75, 3.05) is 6.79 Å². The quantitative estimate of drug-likeness (QED) is 0.682. The molecule has 0 bridgehead atoms. The lowest BCUT2D eigenvalue weighted by molar-refractivity contribution is 0.174. The molecule has 0 unspecified atom stereocenters. The Bertz CT molecular complexity index is 992. The van der Waals surface area contributed by atoms with Crippen molar-refractivity contribution in [3.8, 4) is 11.5 Å². The fourth-order valence-corrected chi connectivity index (χ4v) is 2.49. The topological polar surface area (TPSA) is 65.7 Å². The highest BCUT2D eigenvalue weighted by Crippen LogP contribution is 2.31. The van der Waals surface area contributed by atoms with Crippen LogP contribution in [0.2, 0.25) is 0 Å². The van der Waals surface area contributed by atoms with Crippen LogP contribution >= 0.6 is 0 Å². The van der Waals surface area contributed by atoms with Gasteiger partial charge in [-0.05, 0) is 42.8 Å². The van der Waals surface area contributed by atoms with Gasteiger partial charge in [0.05, 0.1) is 17.1 Å². The molecule has 2 aromatic carbocycles. The van der Waals surface area contributed by atoms with E-state index in [-0.39, 0.29) is 12.4 Å². The normalized spacial score (nSPS) is 13.1. The van der Waals surface area contributed by atoms with E-state index in [0.29, 0.717) is 28.2 Å². The predicted octanol–water partition coefficient (Wildman–Crippen LogP) is 2.32. The average molecular weight is 307 g/mol. The number of nitrogens with zero attached hydrogens (tertiary/aromatic N) is 3. The third-order valence-electron chi connectivity index (χ3n) is 3.63. The van der Waals surface area contributed by atoms with Gasteiger partial charge in [-0.15, -0.1) is 0 Å². The van der Waals surface area contributed by atoms with E-state index in [0.717, 1.165) is 5.56 Å². The van der Waals surface area contributed by atoms with E-state index in [1.165, 1.54) is 4.68 Å². The predicted molar refractivity (Wildman–Crippen MR) is 86.3 cm³/mol. The molecule has 0 amide bonds. The molecule has 1 aromatic heterocycles. The first-order valence-corrected chi connectivity index (χ1v) is 7.15. The monoisotopic (exact) mass is 307 g/mol. The Balaban J connectivity index is 1.76. The van der Waals surface area contributed by atoms with Crippen LogP contribution < -0.4 is 15.0 Å². The zero-order valence-corrected chi connectivity index (χ0v) is 12.4. The highest BCUT2D eigenvalue weighted by atomic mass is 16.7. The molecule has 3 aromatic rings. The van der Waals surface area contributed by atoms with Gasteiger partial charge >= 0.3 is 0 Å². The van der Waals surface area contributed by atoms with Crippen LogP contribution in [-0.4, -0.2) is 22.7 Å². The first-order valence-electron chi connectivity index (χ1n) is 7.15. The summed E-state index contributed by atoms with van der Waals surface area (Å²) < 4.78 is 11.9. The lowest BCUT2D eigenvalue weighted by Gasteiger charge is -2.05. The summed E-state index contributed by atoms with van der Waals surface area (Å²) in [7, 11) is 0. The van der Waals surface area contributed by atoms with Crippen LogP contribution in [0.4, 0.5) is 0 Å². The molecule has 0 radical (unpaired) electrons. The first-order chi connectivity index (χ1) is 11.2. The summed E-state index contributed by atoms with van der Waals surface area (Å²) in [6.45, 7) is 1.98. The van der Waals surface area contributed by atoms with Crippen LogP contribution in [0, 0.1) is 6.92 Å². The number of aromatic nitrogens is 2. The van der Waals surface area contributed by atoms with Gasteiger partial charge in [-0.25, -0.2) is 4.98 Å². The Hall–Kier alpha value is -3.15. The number of para-hydroxylation sites is 1. The number of rotatable bonds is 2. The Morgan fingerprint density at radius 3 is 2.91 bits per heavy atom. The molecule has 0 saturated heterocycles. The van der Waals surface area contributed by atoms with Crippen LogP contribution in [0.5, 0.6) is 11.5 Å². The van der Waals surface area contributed by atoms with E-state index in [4.69, 9.17) is 9.47 Å². The molecule has 1 aliphatic heterocycles. The van der Waals surface area contributed by atoms with Gasteiger partial charge in [0.1, 0.15) is 5.82 Å². The molecule has 0 saturated carbocycles. The van der Waals surface area contributed by atoms with Gasteiger partial charge in [0.2, 0.25) is 6.79 Å². The maximum Gasteiger partial charge on any atom is 0.282 e. The molecule has 0 N–H and O–H groups in total. The fraction of sp³-hybridized carbons (Fsp3) is 0.118. The number of hydrogen-bond acceptors (Lipinski definition) is 5. The summed E-state index contributed by atoms with van der Waals surface area (Å²) in [5.74, 6) is 1.92. The molecule has 114 valence electrons. The van der Waals surface area contributed by atoms with Crippen molar-refractivity contribution in [2.24, 2.45) is 5.10 Å². The maximum absolute atomic E-state index is 12.5. The Morgan fingerprint density at radius 1 is 1.17 bits per heavy atom. The van der Waals surface area contributed by atoms with E-state index in [1.54, 1.807) is 19.2 Å². The van der Waals surface area contributed by atoms with Crippen molar-refractivity contribution in [1.82, 2.24) is 9.66 Å². The van der Waals surface area contributed by atoms with Crippen LogP contribution in [0.1, 0.15) is 11.4 Å². The van der Waals surface area contributed by atoms with Crippen LogP contribution in [0.3, 0.4) is 0 Å². The smallest absolute Gasteiger partial charge is 0.282 e. The number of fused-ring (bicyclic) bond motifs is 2. The summed E-state index contributed by atoms with van der Waals surface area (Å²) in [6, 6.07) is 12.7. The standard InChI is InChI=1S/C17H13N3O3/c1-11-19-14-5-3-2-4-13(14)17(21)20(11)18-9-12-6-7-15-16(8-12)23-10-22-15/h2-9H,10H2,1H3. The molecule has 0 atom stereocenters. The molecule has 0 spiro atoms. The molecule has 0 aliphatic carbocycles. The zero-order valence-electron chi connectivity index (χ0n) is 12.4. The Labute approximate surface area is 131 Å². The van der Waals surface area contributed by atoms with Crippen molar-refractivity contribution in [1.29, 1.82) is 0 Å². The van der Waals surface area contributed by atoms with Gasteiger partial charge in [0, 0.05) is 0 Å². The third-order valence-corrected chi connectivity index (χ3v) is 3.63. The largest absolute Gasteiger partial charge is 0.454 e. The number of hydrogen-bond donors (Lipinski definition) is 0. The number of ether oxygens (including phenoxy) is 2. The fourth-order valence-electron chi connectivity index (χ4n) is 2.49. The summed E-state index contributed by atoms with van der Waals surface area (Å²) >= 11 is 0. The van der Waals surface area contributed by atoms with E-state index in [1.807, 2.05) is 36.4 Å². The molecule has 6 nitrogen and oxygen atoms in total. The van der Waals surface area contributed by atoms with Gasteiger partial charge in [-0.2, -0.15) is 9.78 Å². The molecule has 6 heteroatoms. The molecular weight excluding hydrogens is 294 g/mol. The third kappa shape index (κ3) is 2.34. The summed E-state index contributed by atoms with van der Waals surface area (Å²) in [5, 5.41) is 4.81. The van der Waals surface area contributed by atoms with Gasteiger partial charge in [0.15, 0.2) is 11.5 Å². The van der Waals surface area contributed by atoms with E-state index in [2.05, 4.69) is 10.1 Å². The van der Waals surface area contributed by atoms with Crippen molar-refractivity contribution in [3.05, 3.63) is 64.2 Å². The summed E-state index contributed by atoms with van der Waals surface area (Å²) in [4.78, 5) is 16.9. The maximum atomic E-state index is 12.5. The van der Waals surface area contributed by atoms with Crippen molar-refractivity contribution in [3.63, 3.8) is 0 Å². The lowest BCUT2D eigenvalue weighted by atomic mass is 10.2.